The number of piperidine rings is 1. The number of nitrogens with one attached hydrogen (secondary N) is 2. The zero-order chi connectivity index (χ0) is 21.5. The number of benzene rings is 1. The molecule has 11 nitrogen and oxygen atoms in total. The summed E-state index contributed by atoms with van der Waals surface area (Å²) in [6.07, 6.45) is 1.52. The first-order chi connectivity index (χ1) is 14.2. The number of H-pyrrole nitrogens is 1. The normalized spacial score (nSPS) is 20.8. The number of rotatable bonds is 4. The maximum absolute atomic E-state index is 13.5. The highest BCUT2D eigenvalue weighted by Gasteiger charge is 2.40. The van der Waals surface area contributed by atoms with Crippen molar-refractivity contribution in [2.24, 2.45) is 0 Å². The van der Waals surface area contributed by atoms with E-state index >= 15 is 0 Å². The fourth-order valence-corrected chi connectivity index (χ4v) is 5.00. The van der Waals surface area contributed by atoms with Crippen molar-refractivity contribution in [3.05, 3.63) is 29.5 Å². The van der Waals surface area contributed by atoms with Crippen molar-refractivity contribution in [2.45, 2.75) is 37.9 Å². The van der Waals surface area contributed by atoms with Crippen molar-refractivity contribution in [2.75, 3.05) is 19.0 Å². The second kappa shape index (κ2) is 7.85. The topological polar surface area (TPSA) is 156 Å². The second-order valence-corrected chi connectivity index (χ2v) is 9.09. The highest BCUT2D eigenvalue weighted by molar-refractivity contribution is 7.85. The van der Waals surface area contributed by atoms with Gasteiger partial charge in [0.05, 0.1) is 11.7 Å². The van der Waals surface area contributed by atoms with Crippen molar-refractivity contribution in [3.8, 4) is 0 Å². The van der Waals surface area contributed by atoms with Crippen molar-refractivity contribution in [3.63, 3.8) is 0 Å². The molecule has 3 heterocycles. The molecule has 0 bridgehead atoms. The first kappa shape index (κ1) is 20.6. The molecule has 0 saturated carbocycles. The zero-order valence-corrected chi connectivity index (χ0v) is 16.9. The minimum atomic E-state index is -4.65. The first-order valence-electron chi connectivity index (χ1n) is 9.64. The number of aromatic nitrogens is 2. The van der Waals surface area contributed by atoms with Crippen LogP contribution in [0, 0.1) is 0 Å². The van der Waals surface area contributed by atoms with Gasteiger partial charge in [-0.25, -0.2) is 4.79 Å². The molecule has 0 spiro atoms. The molecular weight excluding hydrogens is 414 g/mol. The molecule has 0 aliphatic carbocycles. The highest BCUT2D eigenvalue weighted by Crippen LogP contribution is 2.31. The maximum atomic E-state index is 13.5. The predicted molar refractivity (Wildman–Crippen MR) is 106 cm³/mol. The minimum Gasteiger partial charge on any atom is -0.465 e. The van der Waals surface area contributed by atoms with E-state index < -0.39 is 34.0 Å². The lowest BCUT2D eigenvalue weighted by Gasteiger charge is -2.37. The Labute approximate surface area is 172 Å². The summed E-state index contributed by atoms with van der Waals surface area (Å²) < 4.78 is 32.2. The Bertz CT molecular complexity index is 1080. The predicted octanol–water partition coefficient (Wildman–Crippen LogP) is 0.393. The Kier molecular flexibility index (Phi) is 5.38. The van der Waals surface area contributed by atoms with E-state index in [1.54, 1.807) is 23.2 Å². The van der Waals surface area contributed by atoms with Crippen molar-refractivity contribution in [1.29, 1.82) is 0 Å². The molecule has 2 amide bonds. The standard InChI is InChI=1S/C18H23N5O6S/c24-17-16(23(18(25)26)10-30(27,28)29)7-11-1-2-15-13(8-20-21-15)14(11)9-22(17)12-3-5-19-6-4-12/h1-2,8,12,16,19H,3-7,9-10H2,(H,20,21)(H,25,26)(H,27,28,29). The van der Waals surface area contributed by atoms with Gasteiger partial charge in [-0.2, -0.15) is 13.5 Å². The monoisotopic (exact) mass is 437 g/mol. The lowest BCUT2D eigenvalue weighted by Crippen LogP contribution is -2.55. The number of carbonyl (C=O) groups is 2. The number of carboxylic acid groups (broad SMARTS) is 1. The van der Waals surface area contributed by atoms with Crippen LogP contribution < -0.4 is 5.32 Å². The third-order valence-electron chi connectivity index (χ3n) is 5.82. The van der Waals surface area contributed by atoms with Gasteiger partial charge < -0.3 is 15.3 Å². The van der Waals surface area contributed by atoms with Gasteiger partial charge in [0.2, 0.25) is 5.91 Å². The van der Waals surface area contributed by atoms with Crippen LogP contribution in [0.4, 0.5) is 4.79 Å². The molecule has 2 aliphatic heterocycles. The van der Waals surface area contributed by atoms with E-state index in [0.29, 0.717) is 17.7 Å². The molecule has 0 radical (unpaired) electrons. The first-order valence-corrected chi connectivity index (χ1v) is 11.3. The van der Waals surface area contributed by atoms with Gasteiger partial charge in [0.25, 0.3) is 10.1 Å². The Morgan fingerprint density at radius 2 is 2.03 bits per heavy atom. The molecule has 1 unspecified atom stereocenters. The molecule has 2 aliphatic rings. The lowest BCUT2D eigenvalue weighted by atomic mass is 9.98. The van der Waals surface area contributed by atoms with E-state index in [1.807, 2.05) is 0 Å². The van der Waals surface area contributed by atoms with Crippen LogP contribution in [-0.2, 0) is 27.9 Å². The third-order valence-corrected chi connectivity index (χ3v) is 6.42. The third kappa shape index (κ3) is 3.98. The quantitative estimate of drug-likeness (QED) is 0.501. The number of hydrogen-bond acceptors (Lipinski definition) is 6. The summed E-state index contributed by atoms with van der Waals surface area (Å²) in [5, 5.41) is 20.7. The summed E-state index contributed by atoms with van der Waals surface area (Å²) in [5.74, 6) is -1.62. The largest absolute Gasteiger partial charge is 0.465 e. The Hall–Kier alpha value is -2.70. The van der Waals surface area contributed by atoms with E-state index in [9.17, 15) is 27.7 Å². The number of aromatic amines is 1. The van der Waals surface area contributed by atoms with Crippen LogP contribution in [0.15, 0.2) is 18.3 Å². The average molecular weight is 437 g/mol. The number of fused-ring (bicyclic) bond motifs is 3. The molecule has 4 N–H and O–H groups in total. The van der Waals surface area contributed by atoms with Gasteiger partial charge in [-0.15, -0.1) is 0 Å². The summed E-state index contributed by atoms with van der Waals surface area (Å²) in [7, 11) is -4.65. The molecule has 1 aromatic carbocycles. The summed E-state index contributed by atoms with van der Waals surface area (Å²) in [6.45, 7) is 1.75. The van der Waals surface area contributed by atoms with E-state index in [4.69, 9.17) is 0 Å². The van der Waals surface area contributed by atoms with Crippen molar-refractivity contribution in [1.82, 2.24) is 25.3 Å². The van der Waals surface area contributed by atoms with Gasteiger partial charge in [0.1, 0.15) is 6.04 Å². The molecule has 1 aromatic heterocycles. The van der Waals surface area contributed by atoms with Gasteiger partial charge in [0.15, 0.2) is 5.88 Å². The van der Waals surface area contributed by atoms with E-state index in [1.165, 1.54) is 0 Å². The average Bonchev–Trinajstić information content (AvgIpc) is 3.12. The molecule has 1 fully saturated rings. The van der Waals surface area contributed by atoms with Crippen LogP contribution in [0.25, 0.3) is 10.9 Å². The Balaban J connectivity index is 1.81. The summed E-state index contributed by atoms with van der Waals surface area (Å²) in [5.41, 5.74) is 2.42. The van der Waals surface area contributed by atoms with Crippen LogP contribution in [-0.4, -0.2) is 81.1 Å². The molecule has 30 heavy (non-hydrogen) atoms. The smallest absolute Gasteiger partial charge is 0.408 e. The van der Waals surface area contributed by atoms with Gasteiger partial charge >= 0.3 is 6.09 Å². The number of carbonyl (C=O) groups excluding carboxylic acids is 1. The lowest BCUT2D eigenvalue weighted by molar-refractivity contribution is -0.139. The molecule has 1 atom stereocenters. The van der Waals surface area contributed by atoms with Crippen LogP contribution >= 0.6 is 0 Å². The molecule has 2 aromatic rings. The van der Waals surface area contributed by atoms with Crippen molar-refractivity contribution >= 4 is 33.0 Å². The van der Waals surface area contributed by atoms with E-state index in [2.05, 4.69) is 15.5 Å². The van der Waals surface area contributed by atoms with Crippen LogP contribution in [0.5, 0.6) is 0 Å². The molecular formula is C18H23N5O6S. The van der Waals surface area contributed by atoms with E-state index in [0.717, 1.165) is 35.1 Å². The summed E-state index contributed by atoms with van der Waals surface area (Å²) in [4.78, 5) is 27.5. The zero-order valence-electron chi connectivity index (χ0n) is 16.1. The number of nitrogens with zero attached hydrogens (tertiary/aromatic N) is 3. The van der Waals surface area contributed by atoms with Gasteiger partial charge in [-0.1, -0.05) is 6.07 Å². The molecule has 1 saturated heterocycles. The van der Waals surface area contributed by atoms with Crippen LogP contribution in [0.1, 0.15) is 24.0 Å². The maximum Gasteiger partial charge on any atom is 0.408 e. The highest BCUT2D eigenvalue weighted by atomic mass is 32.2. The summed E-state index contributed by atoms with van der Waals surface area (Å²) in [6, 6.07) is 2.24. The van der Waals surface area contributed by atoms with Crippen molar-refractivity contribution < 1.29 is 27.7 Å². The Morgan fingerprint density at radius 3 is 2.70 bits per heavy atom. The fraction of sp³-hybridized carbons (Fsp3) is 0.500. The molecule has 12 heteroatoms. The van der Waals surface area contributed by atoms with Gasteiger partial charge in [-0.3, -0.25) is 19.3 Å². The number of amides is 2. The van der Waals surface area contributed by atoms with E-state index in [-0.39, 0.29) is 19.0 Å². The fourth-order valence-electron chi connectivity index (χ4n) is 4.36. The van der Waals surface area contributed by atoms with Gasteiger partial charge in [0, 0.05) is 24.4 Å². The van der Waals surface area contributed by atoms with Gasteiger partial charge in [-0.05, 0) is 43.1 Å². The van der Waals surface area contributed by atoms with Crippen LogP contribution in [0.2, 0.25) is 0 Å². The molecule has 4 rings (SSSR count). The summed E-state index contributed by atoms with van der Waals surface area (Å²) >= 11 is 0. The Morgan fingerprint density at radius 1 is 1.30 bits per heavy atom. The van der Waals surface area contributed by atoms with Crippen LogP contribution in [0.3, 0.4) is 0 Å². The molecule has 162 valence electrons. The SMILES string of the molecule is O=C1C(N(CS(=O)(=O)O)C(=O)O)Cc2ccc3[nH]ncc3c2CN1C1CCNCC1. The minimum absolute atomic E-state index is 0.0125. The number of hydrogen-bond donors (Lipinski definition) is 4. The second-order valence-electron chi connectivity index (χ2n) is 7.67.